The highest BCUT2D eigenvalue weighted by molar-refractivity contribution is 6.36. The summed E-state index contributed by atoms with van der Waals surface area (Å²) in [7, 11) is 0. The Morgan fingerprint density at radius 2 is 1.26 bits per heavy atom. The zero-order valence-corrected chi connectivity index (χ0v) is 22.5. The van der Waals surface area contributed by atoms with Gasteiger partial charge in [-0.1, -0.05) is 78.3 Å². The lowest BCUT2D eigenvalue weighted by molar-refractivity contribution is -0.160. The third-order valence-electron chi connectivity index (χ3n) is 7.93. The minimum absolute atomic E-state index is 0.230. The van der Waals surface area contributed by atoms with E-state index in [-0.39, 0.29) is 6.61 Å². The second-order valence-corrected chi connectivity index (χ2v) is 11.5. The molecule has 198 valence electrons. The molecular formula is C29H21Cl3N2O5. The van der Waals surface area contributed by atoms with Crippen molar-refractivity contribution < 1.29 is 23.9 Å². The molecule has 0 radical (unpaired) electrons. The van der Waals surface area contributed by atoms with Gasteiger partial charge in [0.15, 0.2) is 0 Å². The molecule has 1 fully saturated rings. The van der Waals surface area contributed by atoms with Gasteiger partial charge in [0.2, 0.25) is 17.7 Å². The summed E-state index contributed by atoms with van der Waals surface area (Å²) >= 11 is 21.0. The molecule has 2 N–H and O–H groups in total. The van der Waals surface area contributed by atoms with Crippen LogP contribution in [0.25, 0.3) is 0 Å². The summed E-state index contributed by atoms with van der Waals surface area (Å²) in [5, 5.41) is 0.372. The van der Waals surface area contributed by atoms with Gasteiger partial charge in [-0.2, -0.15) is 0 Å². The van der Waals surface area contributed by atoms with E-state index in [0.717, 1.165) is 4.90 Å². The van der Waals surface area contributed by atoms with E-state index >= 15 is 0 Å². The maximum Gasteiger partial charge on any atom is 0.330 e. The number of amides is 3. The summed E-state index contributed by atoms with van der Waals surface area (Å²) in [4.78, 5) is 51.6. The maximum atomic E-state index is 14.1. The van der Waals surface area contributed by atoms with Crippen molar-refractivity contribution in [1.29, 1.82) is 0 Å². The fraction of sp³-hybridized carbons (Fsp3) is 0.241. The van der Waals surface area contributed by atoms with E-state index in [1.165, 1.54) is 0 Å². The van der Waals surface area contributed by atoms with Crippen molar-refractivity contribution in [2.45, 2.75) is 28.8 Å². The Morgan fingerprint density at radius 3 is 1.69 bits per heavy atom. The molecule has 0 spiro atoms. The Kier molecular flexibility index (Phi) is 6.02. The lowest BCUT2D eigenvalue weighted by Crippen LogP contribution is -2.57. The Bertz CT molecular complexity index is 1450. The van der Waals surface area contributed by atoms with Crippen molar-refractivity contribution in [3.05, 3.63) is 106 Å². The topological polar surface area (TPSA) is 107 Å². The average molecular weight is 584 g/mol. The molecule has 3 aliphatic carbocycles. The van der Waals surface area contributed by atoms with E-state index in [1.54, 1.807) is 72.8 Å². The van der Waals surface area contributed by atoms with Gasteiger partial charge in [-0.05, 0) is 28.3 Å². The van der Waals surface area contributed by atoms with Crippen LogP contribution in [0.1, 0.15) is 34.2 Å². The Balaban J connectivity index is 1.44. The van der Waals surface area contributed by atoms with E-state index in [9.17, 15) is 19.2 Å². The van der Waals surface area contributed by atoms with E-state index in [0.29, 0.717) is 32.8 Å². The number of rotatable bonds is 6. The van der Waals surface area contributed by atoms with Gasteiger partial charge in [-0.15, -0.1) is 23.2 Å². The Morgan fingerprint density at radius 1 is 0.821 bits per heavy atom. The lowest BCUT2D eigenvalue weighted by Gasteiger charge is -2.54. The number of nitrogens with two attached hydrogens (primary N) is 1. The second-order valence-electron chi connectivity index (χ2n) is 9.90. The molecule has 3 amide bonds. The molecule has 3 aromatic rings. The number of hydrogen-bond donors (Lipinski definition) is 1. The van der Waals surface area contributed by atoms with Crippen molar-refractivity contribution in [2.24, 2.45) is 17.6 Å². The number of halogens is 3. The van der Waals surface area contributed by atoms with Crippen LogP contribution in [-0.2, 0) is 40.3 Å². The van der Waals surface area contributed by atoms with Crippen LogP contribution in [0.15, 0.2) is 72.8 Å². The van der Waals surface area contributed by atoms with Crippen LogP contribution < -0.4 is 5.73 Å². The van der Waals surface area contributed by atoms with Crippen molar-refractivity contribution >= 4 is 58.5 Å². The highest BCUT2D eigenvalue weighted by Crippen LogP contribution is 2.69. The van der Waals surface area contributed by atoms with Gasteiger partial charge in [0.25, 0.3) is 0 Å². The molecule has 0 aromatic heterocycles. The number of imide groups is 1. The van der Waals surface area contributed by atoms with Crippen molar-refractivity contribution in [3.8, 4) is 0 Å². The zero-order chi connectivity index (χ0) is 27.7. The summed E-state index contributed by atoms with van der Waals surface area (Å²) in [6.07, 6.45) is -0.622. The van der Waals surface area contributed by atoms with Crippen LogP contribution in [0.4, 0.5) is 0 Å². The van der Waals surface area contributed by atoms with Crippen LogP contribution in [0.5, 0.6) is 0 Å². The third kappa shape index (κ3) is 3.50. The fourth-order valence-electron chi connectivity index (χ4n) is 6.33. The van der Waals surface area contributed by atoms with Gasteiger partial charge in [0.1, 0.15) is 22.4 Å². The smallest absolute Gasteiger partial charge is 0.330 e. The largest absolute Gasteiger partial charge is 0.459 e. The highest BCUT2D eigenvalue weighted by Gasteiger charge is 2.73. The lowest BCUT2D eigenvalue weighted by atomic mass is 9.54. The van der Waals surface area contributed by atoms with Crippen molar-refractivity contribution in [1.82, 2.24) is 4.90 Å². The van der Waals surface area contributed by atoms with Gasteiger partial charge >= 0.3 is 5.97 Å². The molecule has 39 heavy (non-hydrogen) atoms. The molecule has 4 aliphatic rings. The number of alkyl halides is 2. The Hall–Kier alpha value is -3.39. The van der Waals surface area contributed by atoms with Crippen LogP contribution in [-0.4, -0.2) is 34.6 Å². The summed E-state index contributed by atoms with van der Waals surface area (Å²) in [5.41, 5.74) is 8.46. The molecule has 3 aromatic carbocycles. The quantitative estimate of drug-likeness (QED) is 0.266. The van der Waals surface area contributed by atoms with E-state index < -0.39 is 57.7 Å². The number of nitrogens with zero attached hydrogens (tertiary/aromatic N) is 1. The molecule has 0 saturated carbocycles. The number of likely N-dealkylation sites (tertiary alicyclic amines) is 1. The maximum absolute atomic E-state index is 14.1. The third-order valence-corrected chi connectivity index (χ3v) is 9.58. The molecule has 1 saturated heterocycles. The summed E-state index contributed by atoms with van der Waals surface area (Å²) in [6, 6.07) is 19.5. The van der Waals surface area contributed by atoms with Crippen LogP contribution in [0, 0.1) is 11.8 Å². The molecule has 1 heterocycles. The van der Waals surface area contributed by atoms with Gasteiger partial charge in [0, 0.05) is 10.6 Å². The summed E-state index contributed by atoms with van der Waals surface area (Å²) in [5.74, 6) is -5.53. The molecule has 1 aliphatic heterocycles. The number of esters is 1. The fourth-order valence-corrected chi connectivity index (χ4v) is 7.62. The van der Waals surface area contributed by atoms with Gasteiger partial charge in [-0.3, -0.25) is 19.3 Å². The average Bonchev–Trinajstić information content (AvgIpc) is 3.20. The number of carbonyl (C=O) groups is 4. The van der Waals surface area contributed by atoms with E-state index in [4.69, 9.17) is 45.3 Å². The van der Waals surface area contributed by atoms with Gasteiger partial charge in [-0.25, -0.2) is 4.79 Å². The molecular weight excluding hydrogens is 563 g/mol. The number of benzene rings is 3. The summed E-state index contributed by atoms with van der Waals surface area (Å²) in [6.45, 7) is -0.230. The molecule has 0 unspecified atom stereocenters. The number of primary amides is 1. The predicted octanol–water partition coefficient (Wildman–Crippen LogP) is 4.22. The van der Waals surface area contributed by atoms with Crippen LogP contribution in [0.3, 0.4) is 0 Å². The van der Waals surface area contributed by atoms with Crippen molar-refractivity contribution in [2.75, 3.05) is 0 Å². The van der Waals surface area contributed by atoms with Crippen molar-refractivity contribution in [3.63, 3.8) is 0 Å². The number of ether oxygens (including phenoxy) is 1. The normalized spacial score (nSPS) is 27.0. The van der Waals surface area contributed by atoms with Gasteiger partial charge in [0.05, 0.1) is 18.3 Å². The monoisotopic (exact) mass is 582 g/mol. The van der Waals surface area contributed by atoms with E-state index in [2.05, 4.69) is 0 Å². The SMILES string of the molecule is NC(=O)C[C@H](C(=O)OCc1ccccc1Cl)N1C(=O)[C@@H]2[C@H](C1=O)C1(Cl)c3ccccc3C2(Cl)c2ccccc21. The van der Waals surface area contributed by atoms with Gasteiger partial charge < -0.3 is 10.5 Å². The molecule has 7 rings (SSSR count). The van der Waals surface area contributed by atoms with Crippen LogP contribution in [0.2, 0.25) is 5.02 Å². The minimum atomic E-state index is -1.60. The molecule has 3 atom stereocenters. The first-order valence-electron chi connectivity index (χ1n) is 12.2. The first-order chi connectivity index (χ1) is 18.6. The first kappa shape index (κ1) is 25.9. The van der Waals surface area contributed by atoms with E-state index in [1.807, 2.05) is 0 Å². The molecule has 2 bridgehead atoms. The summed E-state index contributed by atoms with van der Waals surface area (Å²) < 4.78 is 5.43. The first-order valence-corrected chi connectivity index (χ1v) is 13.4. The number of hydrogen-bond acceptors (Lipinski definition) is 5. The zero-order valence-electron chi connectivity index (χ0n) is 20.3. The predicted molar refractivity (Wildman–Crippen MR) is 144 cm³/mol. The van der Waals surface area contributed by atoms with Crippen LogP contribution >= 0.6 is 34.8 Å². The highest BCUT2D eigenvalue weighted by atomic mass is 35.5. The molecule has 7 nitrogen and oxygen atoms in total. The molecule has 10 heteroatoms. The standard InChI is InChI=1S/C29H21Cl3N2O5/c30-20-12-6-1-7-15(20)14-39-27(38)21(13-22(33)35)34-25(36)23-24(26(34)37)29(32)17-9-3-2-8-16(17)28(23,31)18-10-4-5-11-19(18)29/h1-12,21,23-24H,13-14H2,(H2,33,35)/t21-,23-,24+,28?,29?/m1/s1. The Labute approximate surface area is 238 Å². The minimum Gasteiger partial charge on any atom is -0.459 e. The second kappa shape index (κ2) is 9.08. The number of carbonyl (C=O) groups excluding carboxylic acids is 4.